The molecule has 0 heterocycles. The topological polar surface area (TPSA) is 69.6 Å². The van der Waals surface area contributed by atoms with Crippen molar-refractivity contribution in [3.63, 3.8) is 0 Å². The molecule has 0 aliphatic carbocycles. The van der Waals surface area contributed by atoms with Crippen LogP contribution in [0.4, 0.5) is 10.5 Å². The number of nitrogens with zero attached hydrogens (tertiary/aromatic N) is 1. The molecule has 0 radical (unpaired) electrons. The fourth-order valence-corrected chi connectivity index (χ4v) is 1.34. The number of anilines is 1. The van der Waals surface area contributed by atoms with Gasteiger partial charge in [-0.05, 0) is 36.3 Å². The van der Waals surface area contributed by atoms with Crippen LogP contribution in [0.1, 0.15) is 11.1 Å². The predicted molar refractivity (Wildman–Crippen MR) is 70.6 cm³/mol. The van der Waals surface area contributed by atoms with E-state index in [1.165, 1.54) is 11.0 Å². The molecule has 0 atom stereocenters. The highest BCUT2D eigenvalue weighted by Gasteiger charge is 2.04. The second-order valence-corrected chi connectivity index (χ2v) is 4.07. The molecule has 0 fully saturated rings. The van der Waals surface area contributed by atoms with Crippen molar-refractivity contribution in [3.05, 3.63) is 35.4 Å². The lowest BCUT2D eigenvalue weighted by Gasteiger charge is -2.12. The highest BCUT2D eigenvalue weighted by molar-refractivity contribution is 5.89. The Hall–Kier alpha value is -2.30. The van der Waals surface area contributed by atoms with Gasteiger partial charge in [0.15, 0.2) is 0 Å². The lowest BCUT2D eigenvalue weighted by molar-refractivity contribution is -0.131. The second kappa shape index (κ2) is 5.86. The van der Waals surface area contributed by atoms with Gasteiger partial charge in [0.2, 0.25) is 0 Å². The molecular formula is C13H16N2O3. The molecule has 18 heavy (non-hydrogen) atoms. The molecule has 0 unspecified atom stereocenters. The van der Waals surface area contributed by atoms with E-state index >= 15 is 0 Å². The molecule has 0 aromatic heterocycles. The predicted octanol–water partition coefficient (Wildman–Crippen LogP) is 2.19. The van der Waals surface area contributed by atoms with Crippen molar-refractivity contribution in [1.29, 1.82) is 0 Å². The van der Waals surface area contributed by atoms with Crippen LogP contribution in [0.2, 0.25) is 0 Å². The average molecular weight is 248 g/mol. The molecule has 2 N–H and O–H groups in total. The lowest BCUT2D eigenvalue weighted by Crippen LogP contribution is -2.27. The van der Waals surface area contributed by atoms with Crippen molar-refractivity contribution in [1.82, 2.24) is 4.90 Å². The number of hydrogen-bond acceptors (Lipinski definition) is 2. The Bertz CT molecular complexity index is 493. The third kappa shape index (κ3) is 3.93. The number of amides is 2. The molecule has 5 heteroatoms. The largest absolute Gasteiger partial charge is 0.478 e. The lowest BCUT2D eigenvalue weighted by atomic mass is 10.1. The number of carboxylic acids is 1. The van der Waals surface area contributed by atoms with Crippen LogP contribution in [-0.4, -0.2) is 36.1 Å². The highest BCUT2D eigenvalue weighted by atomic mass is 16.4. The molecule has 96 valence electrons. The molecule has 0 aliphatic heterocycles. The van der Waals surface area contributed by atoms with Crippen LogP contribution in [0.25, 0.3) is 6.08 Å². The van der Waals surface area contributed by atoms with E-state index in [1.807, 2.05) is 6.92 Å². The minimum atomic E-state index is -0.987. The zero-order valence-electron chi connectivity index (χ0n) is 10.6. The minimum absolute atomic E-state index is 0.205. The van der Waals surface area contributed by atoms with Gasteiger partial charge in [0.25, 0.3) is 0 Å². The SMILES string of the molecule is Cc1cc(NC(=O)N(C)C)ccc1C=CC(=O)O. The van der Waals surface area contributed by atoms with E-state index in [1.54, 1.807) is 32.3 Å². The second-order valence-electron chi connectivity index (χ2n) is 4.07. The van der Waals surface area contributed by atoms with Gasteiger partial charge in [0.05, 0.1) is 0 Å². The van der Waals surface area contributed by atoms with Gasteiger partial charge in [0.1, 0.15) is 0 Å². The fourth-order valence-electron chi connectivity index (χ4n) is 1.34. The van der Waals surface area contributed by atoms with E-state index in [0.29, 0.717) is 5.69 Å². The number of urea groups is 1. The molecule has 2 amide bonds. The number of benzene rings is 1. The maximum Gasteiger partial charge on any atom is 0.328 e. The van der Waals surface area contributed by atoms with Gasteiger partial charge in [-0.3, -0.25) is 0 Å². The first-order valence-corrected chi connectivity index (χ1v) is 5.40. The number of aliphatic carboxylic acids is 1. The van der Waals surface area contributed by atoms with E-state index in [0.717, 1.165) is 17.2 Å². The Balaban J connectivity index is 2.86. The first-order valence-electron chi connectivity index (χ1n) is 5.40. The minimum Gasteiger partial charge on any atom is -0.478 e. The zero-order chi connectivity index (χ0) is 13.7. The van der Waals surface area contributed by atoms with Crippen molar-refractivity contribution in [3.8, 4) is 0 Å². The molecular weight excluding hydrogens is 232 g/mol. The van der Waals surface area contributed by atoms with Gasteiger partial charge < -0.3 is 15.3 Å². The normalized spacial score (nSPS) is 10.4. The van der Waals surface area contributed by atoms with Gasteiger partial charge in [-0.1, -0.05) is 6.07 Å². The Morgan fingerprint density at radius 1 is 1.33 bits per heavy atom. The Labute approximate surface area is 106 Å². The van der Waals surface area contributed by atoms with Gasteiger partial charge in [0, 0.05) is 25.9 Å². The van der Waals surface area contributed by atoms with E-state index in [-0.39, 0.29) is 6.03 Å². The Morgan fingerprint density at radius 3 is 2.50 bits per heavy atom. The van der Waals surface area contributed by atoms with Crippen LogP contribution < -0.4 is 5.32 Å². The number of carbonyl (C=O) groups excluding carboxylic acids is 1. The Morgan fingerprint density at radius 2 is 2.00 bits per heavy atom. The molecule has 1 aromatic carbocycles. The van der Waals surface area contributed by atoms with Gasteiger partial charge in [-0.25, -0.2) is 9.59 Å². The standard InChI is InChI=1S/C13H16N2O3/c1-9-8-11(14-13(18)15(2)3)6-4-10(9)5-7-12(16)17/h4-8H,1-3H3,(H,14,18)(H,16,17). The molecule has 0 aliphatic rings. The first kappa shape index (κ1) is 13.8. The summed E-state index contributed by atoms with van der Waals surface area (Å²) in [5.74, 6) is -0.987. The quantitative estimate of drug-likeness (QED) is 0.805. The van der Waals surface area contributed by atoms with Crippen molar-refractivity contribution >= 4 is 23.8 Å². The smallest absolute Gasteiger partial charge is 0.328 e. The number of carbonyl (C=O) groups is 2. The van der Waals surface area contributed by atoms with E-state index < -0.39 is 5.97 Å². The van der Waals surface area contributed by atoms with Crippen LogP contribution in [0.3, 0.4) is 0 Å². The molecule has 1 rings (SSSR count). The average Bonchev–Trinajstić information content (AvgIpc) is 2.27. The maximum absolute atomic E-state index is 11.4. The van der Waals surface area contributed by atoms with Crippen molar-refractivity contribution < 1.29 is 14.7 Å². The van der Waals surface area contributed by atoms with Crippen molar-refractivity contribution in [2.45, 2.75) is 6.92 Å². The van der Waals surface area contributed by atoms with Crippen LogP contribution in [0.15, 0.2) is 24.3 Å². The van der Waals surface area contributed by atoms with Gasteiger partial charge in [-0.2, -0.15) is 0 Å². The molecule has 0 saturated carbocycles. The van der Waals surface area contributed by atoms with Gasteiger partial charge >= 0.3 is 12.0 Å². The number of hydrogen-bond donors (Lipinski definition) is 2. The van der Waals surface area contributed by atoms with Crippen molar-refractivity contribution in [2.75, 3.05) is 19.4 Å². The zero-order valence-corrected chi connectivity index (χ0v) is 10.6. The van der Waals surface area contributed by atoms with E-state index in [4.69, 9.17) is 5.11 Å². The first-order chi connectivity index (χ1) is 8.40. The van der Waals surface area contributed by atoms with Gasteiger partial charge in [-0.15, -0.1) is 0 Å². The van der Waals surface area contributed by atoms with E-state index in [2.05, 4.69) is 5.32 Å². The number of carboxylic acid groups (broad SMARTS) is 1. The molecule has 5 nitrogen and oxygen atoms in total. The fraction of sp³-hybridized carbons (Fsp3) is 0.231. The summed E-state index contributed by atoms with van der Waals surface area (Å²) in [5.41, 5.74) is 2.38. The summed E-state index contributed by atoms with van der Waals surface area (Å²) < 4.78 is 0. The number of aryl methyl sites for hydroxylation is 1. The van der Waals surface area contributed by atoms with Crippen LogP contribution in [-0.2, 0) is 4.79 Å². The summed E-state index contributed by atoms with van der Waals surface area (Å²) >= 11 is 0. The van der Waals surface area contributed by atoms with Crippen LogP contribution >= 0.6 is 0 Å². The van der Waals surface area contributed by atoms with Crippen LogP contribution in [0.5, 0.6) is 0 Å². The summed E-state index contributed by atoms with van der Waals surface area (Å²) in [6.45, 7) is 1.85. The summed E-state index contributed by atoms with van der Waals surface area (Å²) in [4.78, 5) is 23.3. The Kier molecular flexibility index (Phi) is 4.48. The van der Waals surface area contributed by atoms with Crippen molar-refractivity contribution in [2.24, 2.45) is 0 Å². The van der Waals surface area contributed by atoms with E-state index in [9.17, 15) is 9.59 Å². The molecule has 1 aromatic rings. The molecule has 0 spiro atoms. The molecule has 0 saturated heterocycles. The third-order valence-corrected chi connectivity index (χ3v) is 2.33. The summed E-state index contributed by atoms with van der Waals surface area (Å²) in [5, 5.41) is 11.3. The number of rotatable bonds is 3. The maximum atomic E-state index is 11.4. The summed E-state index contributed by atoms with van der Waals surface area (Å²) in [7, 11) is 3.32. The summed E-state index contributed by atoms with van der Waals surface area (Å²) in [6, 6.07) is 5.09. The third-order valence-electron chi connectivity index (χ3n) is 2.33. The summed E-state index contributed by atoms with van der Waals surface area (Å²) in [6.07, 6.45) is 2.61. The number of nitrogens with one attached hydrogen (secondary N) is 1. The monoisotopic (exact) mass is 248 g/mol. The molecule has 0 bridgehead atoms. The van der Waals surface area contributed by atoms with Crippen LogP contribution in [0, 0.1) is 6.92 Å². The highest BCUT2D eigenvalue weighted by Crippen LogP contribution is 2.16.